The van der Waals surface area contributed by atoms with Crippen LogP contribution in [0, 0.1) is 5.92 Å². The maximum absolute atomic E-state index is 13.2. The predicted octanol–water partition coefficient (Wildman–Crippen LogP) is 4.73. The lowest BCUT2D eigenvalue weighted by Crippen LogP contribution is -2.44. The molecule has 3 rings (SSSR count). The van der Waals surface area contributed by atoms with E-state index >= 15 is 0 Å². The molecule has 3 N–H and O–H groups in total. The molecule has 8 nitrogen and oxygen atoms in total. The molecule has 1 heterocycles. The van der Waals surface area contributed by atoms with E-state index in [2.05, 4.69) is 22.9 Å². The minimum absolute atomic E-state index is 0.0487. The maximum Gasteiger partial charge on any atom is 0.323 e. The van der Waals surface area contributed by atoms with E-state index in [1.54, 1.807) is 55.5 Å². The van der Waals surface area contributed by atoms with Crippen LogP contribution in [-0.4, -0.2) is 62.8 Å². The molecule has 10 heteroatoms. The number of nitrogens with zero attached hydrogens (tertiary/aromatic N) is 1. The summed E-state index contributed by atoms with van der Waals surface area (Å²) in [6, 6.07) is 9.26. The number of methoxy groups -OCH3 is 1. The fraction of sp³-hybridized carbons (Fsp3) is 0.417. The molecule has 0 spiro atoms. The van der Waals surface area contributed by atoms with Gasteiger partial charge in [0, 0.05) is 60.8 Å². The Balaban J connectivity index is 1.81. The number of fused-ring (bicyclic) bond motifs is 1. The first-order chi connectivity index (χ1) is 16.2. The molecule has 34 heavy (non-hydrogen) atoms. The quantitative estimate of drug-likeness (QED) is 0.557. The molecule has 0 saturated heterocycles. The van der Waals surface area contributed by atoms with E-state index < -0.39 is 6.03 Å². The van der Waals surface area contributed by atoms with Crippen LogP contribution in [0.1, 0.15) is 24.2 Å². The number of hydrogen-bond acceptors (Lipinski definition) is 5. The highest BCUT2D eigenvalue weighted by molar-refractivity contribution is 6.35. The van der Waals surface area contributed by atoms with Crippen LogP contribution in [0.4, 0.5) is 16.2 Å². The van der Waals surface area contributed by atoms with Crippen molar-refractivity contribution < 1.29 is 19.1 Å². The summed E-state index contributed by atoms with van der Waals surface area (Å²) in [5.74, 6) is 0.410. The average Bonchev–Trinajstić information content (AvgIpc) is 2.77. The molecule has 1 aliphatic rings. The second-order valence-electron chi connectivity index (χ2n) is 8.51. The molecule has 0 aromatic heterocycles. The number of hydrogen-bond donors (Lipinski definition) is 3. The second kappa shape index (κ2) is 11.8. The van der Waals surface area contributed by atoms with Crippen LogP contribution in [0.15, 0.2) is 36.4 Å². The number of urea groups is 1. The average molecular weight is 509 g/mol. The lowest BCUT2D eigenvalue weighted by molar-refractivity contribution is 0.0281. The Bertz CT molecular complexity index is 1020. The van der Waals surface area contributed by atoms with Gasteiger partial charge >= 0.3 is 6.03 Å². The van der Waals surface area contributed by atoms with Gasteiger partial charge in [-0.2, -0.15) is 0 Å². The smallest absolute Gasteiger partial charge is 0.323 e. The van der Waals surface area contributed by atoms with Crippen molar-refractivity contribution in [3.63, 3.8) is 0 Å². The van der Waals surface area contributed by atoms with Gasteiger partial charge in [0.1, 0.15) is 12.4 Å². The Morgan fingerprint density at radius 2 is 1.79 bits per heavy atom. The predicted molar refractivity (Wildman–Crippen MR) is 135 cm³/mol. The van der Waals surface area contributed by atoms with Crippen molar-refractivity contribution in [3.8, 4) is 5.75 Å². The third kappa shape index (κ3) is 6.99. The van der Waals surface area contributed by atoms with Gasteiger partial charge in [-0.1, -0.05) is 30.1 Å². The van der Waals surface area contributed by atoms with E-state index in [-0.39, 0.29) is 24.0 Å². The van der Waals surface area contributed by atoms with Crippen LogP contribution >= 0.6 is 23.2 Å². The Morgan fingerprint density at radius 3 is 2.47 bits per heavy atom. The van der Waals surface area contributed by atoms with Gasteiger partial charge in [0.05, 0.1) is 11.7 Å². The Hall–Kier alpha value is -2.52. The van der Waals surface area contributed by atoms with Crippen LogP contribution in [0.3, 0.4) is 0 Å². The van der Waals surface area contributed by atoms with Crippen LogP contribution in [0.5, 0.6) is 5.75 Å². The molecular weight excluding hydrogens is 479 g/mol. The summed E-state index contributed by atoms with van der Waals surface area (Å²) in [5, 5.41) is 9.70. The van der Waals surface area contributed by atoms with Gasteiger partial charge in [-0.3, -0.25) is 4.79 Å². The molecule has 0 unspecified atom stereocenters. The zero-order valence-electron chi connectivity index (χ0n) is 19.7. The van der Waals surface area contributed by atoms with Gasteiger partial charge in [0.2, 0.25) is 0 Å². The number of carbonyl (C=O) groups excluding carboxylic acids is 2. The summed E-state index contributed by atoms with van der Waals surface area (Å²) in [4.78, 5) is 27.3. The Morgan fingerprint density at radius 1 is 1.12 bits per heavy atom. The normalized spacial score (nSPS) is 21.5. The molecule has 3 atom stereocenters. The first kappa shape index (κ1) is 26.1. The van der Waals surface area contributed by atoms with Crippen LogP contribution in [0.2, 0.25) is 10.0 Å². The molecule has 2 aromatic carbocycles. The van der Waals surface area contributed by atoms with Gasteiger partial charge in [0.25, 0.3) is 5.91 Å². The summed E-state index contributed by atoms with van der Waals surface area (Å²) in [6.07, 6.45) is -0.109. The first-order valence-electron chi connectivity index (χ1n) is 11.0. The van der Waals surface area contributed by atoms with Crippen LogP contribution < -0.4 is 20.7 Å². The SMILES string of the molecule is CO[C@@H]1CN(C)C(=O)c2ccc(NC(=O)Nc3cc(Cl)cc(Cl)c3)cc2OC[C@H](C)NC[C@H]1C. The first-order valence-corrected chi connectivity index (χ1v) is 11.7. The lowest BCUT2D eigenvalue weighted by Gasteiger charge is -2.30. The molecule has 3 amide bonds. The molecular formula is C24H30Cl2N4O4. The number of nitrogens with one attached hydrogen (secondary N) is 3. The summed E-state index contributed by atoms with van der Waals surface area (Å²) in [5.41, 5.74) is 1.33. The van der Waals surface area contributed by atoms with Gasteiger partial charge < -0.3 is 30.3 Å². The van der Waals surface area contributed by atoms with Crippen molar-refractivity contribution in [1.29, 1.82) is 0 Å². The van der Waals surface area contributed by atoms with Crippen molar-refractivity contribution in [2.24, 2.45) is 5.92 Å². The monoisotopic (exact) mass is 508 g/mol. The summed E-state index contributed by atoms with van der Waals surface area (Å²) < 4.78 is 11.6. The van der Waals surface area contributed by atoms with E-state index in [4.69, 9.17) is 32.7 Å². The number of benzene rings is 2. The molecule has 1 aliphatic heterocycles. The lowest BCUT2D eigenvalue weighted by atomic mass is 10.0. The van der Waals surface area contributed by atoms with Crippen molar-refractivity contribution >= 4 is 46.5 Å². The number of rotatable bonds is 3. The highest BCUT2D eigenvalue weighted by Crippen LogP contribution is 2.27. The maximum atomic E-state index is 13.2. The van der Waals surface area contributed by atoms with Crippen molar-refractivity contribution in [3.05, 3.63) is 52.0 Å². The standard InChI is InChI=1S/C24H30Cl2N4O4/c1-14-11-27-15(2)13-34-21-10-18(5-6-20(21)23(31)30(3)12-22(14)33-4)28-24(32)29-19-8-16(25)7-17(26)9-19/h5-10,14-15,22,27H,11-13H2,1-4H3,(H2,28,29,32)/t14-,15+,22-/m1/s1. The number of anilines is 2. The topological polar surface area (TPSA) is 91.9 Å². The van der Waals surface area contributed by atoms with E-state index in [0.29, 0.717) is 45.9 Å². The fourth-order valence-electron chi connectivity index (χ4n) is 3.65. The third-order valence-corrected chi connectivity index (χ3v) is 6.04. The van der Waals surface area contributed by atoms with Crippen molar-refractivity contribution in [2.45, 2.75) is 26.0 Å². The Kier molecular flexibility index (Phi) is 9.02. The number of halogens is 2. The summed E-state index contributed by atoms with van der Waals surface area (Å²) >= 11 is 12.0. The summed E-state index contributed by atoms with van der Waals surface area (Å²) in [7, 11) is 3.40. The molecule has 0 radical (unpaired) electrons. The molecule has 2 aromatic rings. The van der Waals surface area contributed by atoms with Gasteiger partial charge in [-0.15, -0.1) is 0 Å². The minimum atomic E-state index is -0.484. The van der Waals surface area contributed by atoms with Gasteiger partial charge in [-0.05, 0) is 43.2 Å². The molecule has 184 valence electrons. The number of ether oxygens (including phenoxy) is 2. The second-order valence-corrected chi connectivity index (χ2v) is 9.38. The summed E-state index contributed by atoms with van der Waals surface area (Å²) in [6.45, 7) is 5.63. The van der Waals surface area contributed by atoms with Crippen LogP contribution in [-0.2, 0) is 4.74 Å². The van der Waals surface area contributed by atoms with Gasteiger partial charge in [-0.25, -0.2) is 4.79 Å². The van der Waals surface area contributed by atoms with Gasteiger partial charge in [0.15, 0.2) is 0 Å². The highest BCUT2D eigenvalue weighted by Gasteiger charge is 2.25. The van der Waals surface area contributed by atoms with Crippen molar-refractivity contribution in [1.82, 2.24) is 10.2 Å². The van der Waals surface area contributed by atoms with Crippen LogP contribution in [0.25, 0.3) is 0 Å². The zero-order valence-corrected chi connectivity index (χ0v) is 21.2. The highest BCUT2D eigenvalue weighted by atomic mass is 35.5. The molecule has 0 bridgehead atoms. The molecule has 0 aliphatic carbocycles. The van der Waals surface area contributed by atoms with E-state index in [9.17, 15) is 9.59 Å². The molecule has 0 fully saturated rings. The number of carbonyl (C=O) groups is 2. The van der Waals surface area contributed by atoms with Crippen molar-refractivity contribution in [2.75, 3.05) is 44.5 Å². The minimum Gasteiger partial charge on any atom is -0.491 e. The molecule has 0 saturated carbocycles. The number of amides is 3. The Labute approximate surface area is 209 Å². The number of likely N-dealkylation sites (N-methyl/N-ethyl adjacent to an activating group) is 1. The van der Waals surface area contributed by atoms with E-state index in [1.165, 1.54) is 0 Å². The third-order valence-electron chi connectivity index (χ3n) is 5.61. The van der Waals surface area contributed by atoms with E-state index in [1.807, 2.05) is 6.92 Å². The largest absolute Gasteiger partial charge is 0.491 e. The zero-order chi connectivity index (χ0) is 24.8. The fourth-order valence-corrected chi connectivity index (χ4v) is 4.18. The van der Waals surface area contributed by atoms with E-state index in [0.717, 1.165) is 6.54 Å².